The second-order valence-corrected chi connectivity index (χ2v) is 12.8. The fraction of sp³-hybridized carbons (Fsp3) is 0.290. The van der Waals surface area contributed by atoms with Crippen LogP contribution in [0.4, 0.5) is 21.9 Å². The van der Waals surface area contributed by atoms with E-state index in [-0.39, 0.29) is 30.0 Å². The van der Waals surface area contributed by atoms with Crippen LogP contribution in [0.15, 0.2) is 60.8 Å². The van der Waals surface area contributed by atoms with Crippen LogP contribution >= 0.6 is 11.3 Å². The number of thiophene rings is 1. The van der Waals surface area contributed by atoms with Crippen molar-refractivity contribution in [3.8, 4) is 11.5 Å². The normalized spacial score (nSPS) is 16.9. The van der Waals surface area contributed by atoms with E-state index >= 15 is 0 Å². The maximum absolute atomic E-state index is 13.6. The monoisotopic (exact) mass is 633 g/mol. The zero-order valence-electron chi connectivity index (χ0n) is 23.9. The van der Waals surface area contributed by atoms with Crippen LogP contribution in [0, 0.1) is 6.92 Å². The number of piperidine rings is 1. The third-order valence-corrected chi connectivity index (χ3v) is 9.39. The summed E-state index contributed by atoms with van der Waals surface area (Å²) in [6, 6.07) is 16.1. The number of ether oxygens (including phenoxy) is 1. The van der Waals surface area contributed by atoms with Crippen molar-refractivity contribution < 1.29 is 27.9 Å². The van der Waals surface area contributed by atoms with Gasteiger partial charge in [0.2, 0.25) is 5.91 Å². The quantitative estimate of drug-likeness (QED) is 0.198. The summed E-state index contributed by atoms with van der Waals surface area (Å²) in [5.74, 6) is 0.985. The van der Waals surface area contributed by atoms with E-state index in [2.05, 4.69) is 15.6 Å². The second-order valence-electron chi connectivity index (χ2n) is 10.7. The van der Waals surface area contributed by atoms with E-state index in [1.165, 1.54) is 11.3 Å². The lowest BCUT2D eigenvalue weighted by molar-refractivity contribution is -0.132. The fourth-order valence-corrected chi connectivity index (χ4v) is 7.04. The van der Waals surface area contributed by atoms with Crippen molar-refractivity contribution in [2.45, 2.75) is 38.6 Å². The molecule has 0 bridgehead atoms. The largest absolute Gasteiger partial charge is 0.457 e. The number of benzene rings is 2. The second kappa shape index (κ2) is 12.7. The molecule has 4 amide bonds. The Labute approximate surface area is 260 Å². The molecule has 2 aromatic carbocycles. The van der Waals surface area contributed by atoms with Crippen molar-refractivity contribution in [1.82, 2.24) is 15.2 Å². The molecule has 1 fully saturated rings. The number of rotatable bonds is 9. The number of anilines is 3. The van der Waals surface area contributed by atoms with Gasteiger partial charge in [0.25, 0.3) is 5.91 Å². The summed E-state index contributed by atoms with van der Waals surface area (Å²) in [5, 5.41) is 6.67. The van der Waals surface area contributed by atoms with Gasteiger partial charge in [-0.1, -0.05) is 18.2 Å². The first kappa shape index (κ1) is 29.7. The van der Waals surface area contributed by atoms with Gasteiger partial charge < -0.3 is 24.8 Å². The maximum atomic E-state index is 13.6. The minimum atomic E-state index is -1.93. The number of urea groups is 1. The minimum Gasteiger partial charge on any atom is -0.457 e. The molecule has 11 nitrogen and oxygen atoms in total. The molecule has 6 rings (SSSR count). The first-order valence-electron chi connectivity index (χ1n) is 14.3. The zero-order chi connectivity index (χ0) is 30.8. The Morgan fingerprint density at radius 2 is 1.98 bits per heavy atom. The highest BCUT2D eigenvalue weighted by Crippen LogP contribution is 2.46. The molecule has 0 saturated carbocycles. The highest BCUT2D eigenvalue weighted by atomic mass is 32.2. The van der Waals surface area contributed by atoms with Crippen molar-refractivity contribution in [2.24, 2.45) is 0 Å². The van der Waals surface area contributed by atoms with Crippen molar-refractivity contribution in [3.63, 3.8) is 0 Å². The molecule has 2 aliphatic rings. The summed E-state index contributed by atoms with van der Waals surface area (Å²) in [7, 11) is 0. The lowest BCUT2D eigenvalue weighted by Crippen LogP contribution is -2.49. The molecule has 0 radical (unpaired) electrons. The van der Waals surface area contributed by atoms with E-state index in [0.29, 0.717) is 69.6 Å². The van der Waals surface area contributed by atoms with E-state index in [1.54, 1.807) is 22.1 Å². The molecule has 0 spiro atoms. The zero-order valence-corrected chi connectivity index (χ0v) is 25.6. The number of hydrogen-bond acceptors (Lipinski definition) is 7. The molecule has 4 heterocycles. The highest BCUT2D eigenvalue weighted by Gasteiger charge is 2.34. The third-order valence-electron chi connectivity index (χ3n) is 7.66. The molecule has 3 N–H and O–H groups in total. The fourth-order valence-electron chi connectivity index (χ4n) is 5.63. The number of aryl methyl sites for hydroxylation is 1. The number of nitrogens with zero attached hydrogens (tertiary/aromatic N) is 3. The number of carbonyl (C=O) groups is 3. The van der Waals surface area contributed by atoms with Crippen LogP contribution in [0.3, 0.4) is 0 Å². The average Bonchev–Trinajstić information content (AvgIpc) is 3.38. The molecular weight excluding hydrogens is 603 g/mol. The summed E-state index contributed by atoms with van der Waals surface area (Å²) in [6.45, 7) is 2.85. The van der Waals surface area contributed by atoms with Crippen LogP contribution in [0.5, 0.6) is 11.5 Å². The van der Waals surface area contributed by atoms with E-state index < -0.39 is 17.1 Å². The van der Waals surface area contributed by atoms with Crippen LogP contribution in [0.1, 0.15) is 40.9 Å². The van der Waals surface area contributed by atoms with Gasteiger partial charge in [0.15, 0.2) is 11.1 Å². The van der Waals surface area contributed by atoms with Gasteiger partial charge in [-0.3, -0.25) is 14.5 Å². The van der Waals surface area contributed by atoms with E-state index in [1.807, 2.05) is 55.5 Å². The van der Waals surface area contributed by atoms with Crippen LogP contribution in [-0.4, -0.2) is 61.4 Å². The average molecular weight is 634 g/mol. The predicted molar refractivity (Wildman–Crippen MR) is 170 cm³/mol. The van der Waals surface area contributed by atoms with E-state index in [0.717, 1.165) is 12.0 Å². The van der Waals surface area contributed by atoms with Crippen LogP contribution in [0.25, 0.3) is 10.2 Å². The standard InChI is InChI=1S/C31H31N5O6S2/c1-19-17-22(42-21-8-3-2-4-9-21)11-12-23(19)36-24-13-14-32-30-26(24)27(34-31(36)39)28(43-30)29(38)33-20-7-5-15-35(18-20)25(37)10-6-16-44(40)41/h2-4,8-9,11-14,17,20H,5-7,10,15-16,18H2,1H3,(H,33,38)(H,34,39)(H,40,41)/t20-/m1/s1. The van der Waals surface area contributed by atoms with Gasteiger partial charge in [0, 0.05) is 37.5 Å². The summed E-state index contributed by atoms with van der Waals surface area (Å²) >= 11 is -0.715. The Balaban J connectivity index is 1.21. The Kier molecular flexibility index (Phi) is 8.60. The third kappa shape index (κ3) is 6.16. The first-order valence-corrected chi connectivity index (χ1v) is 16.4. The molecule has 2 aliphatic heterocycles. The Bertz CT molecular complexity index is 1760. The highest BCUT2D eigenvalue weighted by molar-refractivity contribution is 7.79. The number of hydrogen-bond donors (Lipinski definition) is 3. The minimum absolute atomic E-state index is 0.0567. The molecule has 4 aromatic rings. The molecule has 1 unspecified atom stereocenters. The van der Waals surface area contributed by atoms with E-state index in [9.17, 15) is 18.6 Å². The lowest BCUT2D eigenvalue weighted by Gasteiger charge is -2.33. The first-order chi connectivity index (χ1) is 21.3. The van der Waals surface area contributed by atoms with Crippen LogP contribution in [-0.2, 0) is 15.9 Å². The predicted octanol–water partition coefficient (Wildman–Crippen LogP) is 5.80. The van der Waals surface area contributed by atoms with Gasteiger partial charge in [-0.05, 0) is 68.1 Å². The molecule has 13 heteroatoms. The van der Waals surface area contributed by atoms with Crippen molar-refractivity contribution in [2.75, 3.05) is 29.1 Å². The lowest BCUT2D eigenvalue weighted by atomic mass is 10.0. The van der Waals surface area contributed by atoms with Gasteiger partial charge in [-0.25, -0.2) is 14.0 Å². The number of pyridine rings is 1. The number of carbonyl (C=O) groups excluding carboxylic acids is 3. The van der Waals surface area contributed by atoms with Gasteiger partial charge in [-0.2, -0.15) is 0 Å². The van der Waals surface area contributed by atoms with Crippen molar-refractivity contribution >= 4 is 67.5 Å². The summed E-state index contributed by atoms with van der Waals surface area (Å²) in [4.78, 5) is 48.5. The van der Waals surface area contributed by atoms with Crippen LogP contribution < -0.4 is 20.3 Å². The molecule has 44 heavy (non-hydrogen) atoms. The van der Waals surface area contributed by atoms with Crippen molar-refractivity contribution in [1.29, 1.82) is 0 Å². The number of likely N-dealkylation sites (tertiary alicyclic amines) is 1. The Hall–Kier alpha value is -4.33. The van der Waals surface area contributed by atoms with Gasteiger partial charge in [-0.15, -0.1) is 11.3 Å². The molecule has 2 aromatic heterocycles. The van der Waals surface area contributed by atoms with Gasteiger partial charge >= 0.3 is 6.03 Å². The maximum Gasteiger partial charge on any atom is 0.331 e. The van der Waals surface area contributed by atoms with E-state index in [4.69, 9.17) is 9.29 Å². The smallest absolute Gasteiger partial charge is 0.331 e. The number of amides is 4. The van der Waals surface area contributed by atoms with Gasteiger partial charge in [0.05, 0.1) is 22.4 Å². The molecule has 228 valence electrons. The number of para-hydroxylation sites is 1. The summed E-state index contributed by atoms with van der Waals surface area (Å²) in [6.07, 6.45) is 3.59. The molecule has 2 atom stereocenters. The summed E-state index contributed by atoms with van der Waals surface area (Å²) < 4.78 is 25.8. The molecule has 1 saturated heterocycles. The van der Waals surface area contributed by atoms with Crippen LogP contribution in [0.2, 0.25) is 0 Å². The van der Waals surface area contributed by atoms with Crippen molar-refractivity contribution in [3.05, 3.63) is 71.2 Å². The summed E-state index contributed by atoms with van der Waals surface area (Å²) in [5.41, 5.74) is 2.56. The molecular formula is C31H31N5O6S2. The topological polar surface area (TPSA) is 141 Å². The molecule has 0 aliphatic carbocycles. The van der Waals surface area contributed by atoms with Gasteiger partial charge in [0.1, 0.15) is 21.2 Å². The number of aromatic nitrogens is 1. The Morgan fingerprint density at radius 3 is 2.75 bits per heavy atom. The number of nitrogens with one attached hydrogen (secondary N) is 2. The Morgan fingerprint density at radius 1 is 1.16 bits per heavy atom. The SMILES string of the molecule is Cc1cc(Oc2ccccc2)ccc1N1C(=O)Nc2c(C(=O)N[C@@H]3CCCN(C(=O)CCCS(=O)O)C3)sc3nccc1c23.